The number of fused-ring (bicyclic) bond motifs is 1. The van der Waals surface area contributed by atoms with E-state index in [4.69, 9.17) is 19.7 Å². The molecule has 0 aliphatic heterocycles. The second kappa shape index (κ2) is 14.7. The van der Waals surface area contributed by atoms with Gasteiger partial charge in [0.1, 0.15) is 11.3 Å². The van der Waals surface area contributed by atoms with E-state index < -0.39 is 11.5 Å². The molecule has 0 aliphatic carbocycles. The Bertz CT molecular complexity index is 1320. The van der Waals surface area contributed by atoms with Gasteiger partial charge in [0.15, 0.2) is 0 Å². The quantitative estimate of drug-likeness (QED) is 0.139. The Morgan fingerprint density at radius 3 is 2.32 bits per heavy atom. The minimum absolute atomic E-state index is 0.168. The minimum atomic E-state index is -0.597. The fraction of sp³-hybridized carbons (Fsp3) is 0.407. The van der Waals surface area contributed by atoms with Crippen LogP contribution >= 0.6 is 0 Å². The molecule has 1 heterocycles. The van der Waals surface area contributed by atoms with Crippen molar-refractivity contribution in [3.8, 4) is 5.75 Å². The molecule has 2 aromatic carbocycles. The number of amides is 1. The molecule has 1 aromatic heterocycles. The molecule has 11 heteroatoms. The number of hydrogen-bond acceptors (Lipinski definition) is 7. The van der Waals surface area contributed by atoms with Crippen molar-refractivity contribution in [2.45, 2.75) is 13.3 Å². The molecule has 1 amide bonds. The first-order valence-corrected chi connectivity index (χ1v) is 12.5. The number of hydrogen-bond donors (Lipinski definition) is 1. The third kappa shape index (κ3) is 7.11. The molecule has 1 N–H and O–H groups in total. The van der Waals surface area contributed by atoms with Crippen molar-refractivity contribution in [3.63, 3.8) is 0 Å². The van der Waals surface area contributed by atoms with Gasteiger partial charge in [-0.05, 0) is 35.7 Å². The van der Waals surface area contributed by atoms with Crippen molar-refractivity contribution in [1.82, 2.24) is 4.57 Å². The smallest absolute Gasteiger partial charge is 0.267 e. The highest BCUT2D eigenvalue weighted by Crippen LogP contribution is 2.31. The van der Waals surface area contributed by atoms with Gasteiger partial charge in [-0.1, -0.05) is 42.4 Å². The lowest BCUT2D eigenvalue weighted by Gasteiger charge is -2.24. The number of rotatable bonds is 15. The molecule has 11 nitrogen and oxygen atoms in total. The molecule has 0 saturated carbocycles. The maximum absolute atomic E-state index is 13.7. The molecular weight excluding hydrogens is 490 g/mol. The van der Waals surface area contributed by atoms with E-state index in [1.165, 1.54) is 9.47 Å². The fourth-order valence-corrected chi connectivity index (χ4v) is 4.07. The maximum atomic E-state index is 13.7. The Hall–Kier alpha value is -3.89. The van der Waals surface area contributed by atoms with Crippen LogP contribution in [0.1, 0.15) is 22.8 Å². The molecule has 3 rings (SSSR count). The van der Waals surface area contributed by atoms with Crippen molar-refractivity contribution >= 4 is 22.5 Å². The van der Waals surface area contributed by atoms with E-state index in [0.717, 1.165) is 5.56 Å². The number of nitrogens with zero attached hydrogens (tertiary/aromatic N) is 5. The molecule has 38 heavy (non-hydrogen) atoms. The van der Waals surface area contributed by atoms with E-state index in [2.05, 4.69) is 10.0 Å². The largest absolute Gasteiger partial charge is 0.506 e. The summed E-state index contributed by atoms with van der Waals surface area (Å²) in [6.07, 6.45) is 0.636. The molecule has 0 spiro atoms. The molecule has 0 unspecified atom stereocenters. The van der Waals surface area contributed by atoms with Crippen LogP contribution in [-0.4, -0.2) is 68.3 Å². The Labute approximate surface area is 220 Å². The molecule has 0 fully saturated rings. The van der Waals surface area contributed by atoms with Crippen LogP contribution in [-0.2, 0) is 27.7 Å². The van der Waals surface area contributed by atoms with E-state index in [-0.39, 0.29) is 31.0 Å². The molecule has 0 bridgehead atoms. The summed E-state index contributed by atoms with van der Waals surface area (Å²) in [7, 11) is 1.60. The van der Waals surface area contributed by atoms with Gasteiger partial charge in [-0.2, -0.15) is 0 Å². The number of anilines is 1. The first-order valence-electron chi connectivity index (χ1n) is 12.5. The number of pyridine rings is 1. The number of ether oxygens (including phenoxy) is 3. The lowest BCUT2D eigenvalue weighted by atomic mass is 10.0. The fourth-order valence-electron chi connectivity index (χ4n) is 4.07. The van der Waals surface area contributed by atoms with Gasteiger partial charge in [-0.3, -0.25) is 9.59 Å². The van der Waals surface area contributed by atoms with Crippen LogP contribution in [0.25, 0.3) is 21.3 Å². The maximum Gasteiger partial charge on any atom is 0.267 e. The van der Waals surface area contributed by atoms with Crippen LogP contribution in [0.2, 0.25) is 0 Å². The van der Waals surface area contributed by atoms with Gasteiger partial charge in [0.05, 0.1) is 45.2 Å². The zero-order chi connectivity index (χ0) is 27.3. The second-order valence-corrected chi connectivity index (χ2v) is 8.34. The highest BCUT2D eigenvalue weighted by atomic mass is 16.5. The van der Waals surface area contributed by atoms with E-state index in [9.17, 15) is 14.7 Å². The van der Waals surface area contributed by atoms with Gasteiger partial charge in [0.2, 0.25) is 0 Å². The molecular formula is C27H33N5O6. The van der Waals surface area contributed by atoms with E-state index in [1.54, 1.807) is 37.4 Å². The predicted molar refractivity (Wildman–Crippen MR) is 145 cm³/mol. The van der Waals surface area contributed by atoms with Crippen molar-refractivity contribution in [1.29, 1.82) is 0 Å². The Kier molecular flexibility index (Phi) is 11.1. The van der Waals surface area contributed by atoms with Gasteiger partial charge in [0, 0.05) is 36.1 Å². The van der Waals surface area contributed by atoms with Gasteiger partial charge in [-0.15, -0.1) is 0 Å². The summed E-state index contributed by atoms with van der Waals surface area (Å²) in [5.74, 6) is -0.901. The van der Waals surface area contributed by atoms with Crippen molar-refractivity contribution < 1.29 is 24.1 Å². The van der Waals surface area contributed by atoms with Crippen LogP contribution in [0, 0.1) is 0 Å². The standard InChI is InChI=1S/C27H33N5O6/c1-3-20-8-7-11-22-23(20)25(33)24(26(34)31(22)2)27(35)32(21-9-5-4-6-10-21)13-15-37-17-19-38-18-16-36-14-12-29-30-28/h4-11,33H,3,12-19H2,1-2H3. The number of carbonyl (C=O) groups excluding carboxylic acids is 1. The molecule has 0 radical (unpaired) electrons. The molecule has 3 aromatic rings. The van der Waals surface area contributed by atoms with Gasteiger partial charge < -0.3 is 28.8 Å². The van der Waals surface area contributed by atoms with Crippen molar-refractivity contribution in [2.75, 3.05) is 57.6 Å². The molecule has 0 aliphatic rings. The summed E-state index contributed by atoms with van der Waals surface area (Å²) >= 11 is 0. The third-order valence-electron chi connectivity index (χ3n) is 5.99. The average molecular weight is 524 g/mol. The lowest BCUT2D eigenvalue weighted by Crippen LogP contribution is -2.38. The van der Waals surface area contributed by atoms with Crippen molar-refractivity contribution in [2.24, 2.45) is 12.2 Å². The highest BCUT2D eigenvalue weighted by Gasteiger charge is 2.27. The predicted octanol–water partition coefficient (Wildman–Crippen LogP) is 3.81. The van der Waals surface area contributed by atoms with E-state index in [1.807, 2.05) is 25.1 Å². The lowest BCUT2D eigenvalue weighted by molar-refractivity contribution is 0.0173. The topological polar surface area (TPSA) is 139 Å². The normalized spacial score (nSPS) is 10.9. The van der Waals surface area contributed by atoms with Crippen LogP contribution in [0.15, 0.2) is 58.4 Å². The Morgan fingerprint density at radius 1 is 1.00 bits per heavy atom. The van der Waals surface area contributed by atoms with Crippen LogP contribution < -0.4 is 10.5 Å². The Balaban J connectivity index is 1.68. The third-order valence-corrected chi connectivity index (χ3v) is 5.99. The summed E-state index contributed by atoms with van der Waals surface area (Å²) in [6, 6.07) is 14.4. The summed E-state index contributed by atoms with van der Waals surface area (Å²) < 4.78 is 17.8. The molecule has 202 valence electrons. The number of aromatic nitrogens is 1. The number of azide groups is 1. The van der Waals surface area contributed by atoms with E-state index in [0.29, 0.717) is 56.0 Å². The number of benzene rings is 2. The number of para-hydroxylation sites is 1. The first kappa shape index (κ1) is 28.7. The summed E-state index contributed by atoms with van der Waals surface area (Å²) in [4.78, 5) is 31.1. The summed E-state index contributed by atoms with van der Waals surface area (Å²) in [5, 5.41) is 15.0. The molecule has 0 atom stereocenters. The summed E-state index contributed by atoms with van der Waals surface area (Å²) in [6.45, 7) is 4.32. The zero-order valence-electron chi connectivity index (χ0n) is 21.7. The number of carbonyl (C=O) groups is 1. The second-order valence-electron chi connectivity index (χ2n) is 8.34. The van der Waals surface area contributed by atoms with E-state index >= 15 is 0 Å². The van der Waals surface area contributed by atoms with Crippen LogP contribution in [0.4, 0.5) is 5.69 Å². The van der Waals surface area contributed by atoms with Gasteiger partial charge >= 0.3 is 0 Å². The highest BCUT2D eigenvalue weighted by molar-refractivity contribution is 6.10. The van der Waals surface area contributed by atoms with Crippen molar-refractivity contribution in [3.05, 3.63) is 80.5 Å². The number of aromatic hydroxyl groups is 1. The van der Waals surface area contributed by atoms with Gasteiger partial charge in [-0.25, -0.2) is 0 Å². The average Bonchev–Trinajstić information content (AvgIpc) is 2.94. The molecule has 0 saturated heterocycles. The number of aryl methyl sites for hydroxylation is 2. The first-order chi connectivity index (χ1) is 18.5. The SMILES string of the molecule is CCc1cccc2c1c(O)c(C(=O)N(CCOCCOCCOCCN=[N+]=[N-])c1ccccc1)c(=O)n2C. The van der Waals surface area contributed by atoms with Gasteiger partial charge in [0.25, 0.3) is 11.5 Å². The van der Waals surface area contributed by atoms with Crippen LogP contribution in [0.5, 0.6) is 5.75 Å². The minimum Gasteiger partial charge on any atom is -0.506 e. The van der Waals surface area contributed by atoms with Crippen LogP contribution in [0.3, 0.4) is 0 Å². The summed E-state index contributed by atoms with van der Waals surface area (Å²) in [5.41, 5.74) is 9.37. The Morgan fingerprint density at radius 2 is 1.66 bits per heavy atom. The zero-order valence-corrected chi connectivity index (χ0v) is 21.7. The monoisotopic (exact) mass is 523 g/mol.